The van der Waals surface area contributed by atoms with Gasteiger partial charge in [0, 0.05) is 13.1 Å². The van der Waals surface area contributed by atoms with Crippen LogP contribution >= 0.6 is 0 Å². The monoisotopic (exact) mass is 362 g/mol. The van der Waals surface area contributed by atoms with Crippen molar-refractivity contribution in [2.24, 2.45) is 0 Å². The summed E-state index contributed by atoms with van der Waals surface area (Å²) < 4.78 is 40.9. The molecule has 1 unspecified atom stereocenters. The minimum absolute atomic E-state index is 0.107. The van der Waals surface area contributed by atoms with E-state index in [1.165, 1.54) is 34.3 Å². The summed E-state index contributed by atoms with van der Waals surface area (Å²) in [5, 5.41) is 0. The molecule has 25 heavy (non-hydrogen) atoms. The van der Waals surface area contributed by atoms with Crippen molar-refractivity contribution >= 4 is 21.6 Å². The first-order valence-corrected chi connectivity index (χ1v) is 9.41. The van der Waals surface area contributed by atoms with Crippen LogP contribution in [0.15, 0.2) is 53.4 Å². The van der Waals surface area contributed by atoms with E-state index in [0.29, 0.717) is 0 Å². The van der Waals surface area contributed by atoms with Crippen LogP contribution in [-0.4, -0.2) is 37.8 Å². The number of hydrogen-bond acceptors (Lipinski definition) is 3. The Morgan fingerprint density at radius 1 is 1.08 bits per heavy atom. The molecule has 0 radical (unpaired) electrons. The van der Waals surface area contributed by atoms with Crippen LogP contribution in [0, 0.1) is 12.7 Å². The molecule has 0 bridgehead atoms. The number of hydrogen-bond donors (Lipinski definition) is 0. The minimum atomic E-state index is -3.78. The van der Waals surface area contributed by atoms with E-state index in [0.717, 1.165) is 5.56 Å². The molecular formula is C18H19FN2O3S. The van der Waals surface area contributed by atoms with Gasteiger partial charge in [0.25, 0.3) is 0 Å². The highest BCUT2D eigenvalue weighted by molar-refractivity contribution is 7.89. The van der Waals surface area contributed by atoms with Gasteiger partial charge in [-0.1, -0.05) is 24.3 Å². The number of anilines is 1. The molecule has 0 aromatic heterocycles. The van der Waals surface area contributed by atoms with Crippen molar-refractivity contribution in [3.8, 4) is 0 Å². The highest BCUT2D eigenvalue weighted by Gasteiger charge is 2.40. The second-order valence-electron chi connectivity index (χ2n) is 6.05. The summed E-state index contributed by atoms with van der Waals surface area (Å²) in [6.07, 6.45) is 0. The summed E-state index contributed by atoms with van der Waals surface area (Å²) in [6.45, 7) is 3.56. The molecule has 0 spiro atoms. The van der Waals surface area contributed by atoms with E-state index in [1.807, 2.05) is 6.92 Å². The smallest absolute Gasteiger partial charge is 0.245 e. The van der Waals surface area contributed by atoms with Crippen LogP contribution in [0.4, 0.5) is 10.1 Å². The maximum absolute atomic E-state index is 14.1. The van der Waals surface area contributed by atoms with Gasteiger partial charge in [0.1, 0.15) is 11.9 Å². The number of rotatable bonds is 3. The number of benzene rings is 2. The molecule has 2 aromatic carbocycles. The predicted octanol–water partition coefficient (Wildman–Crippen LogP) is 2.56. The van der Waals surface area contributed by atoms with Gasteiger partial charge >= 0.3 is 0 Å². The highest BCUT2D eigenvalue weighted by Crippen LogP contribution is 2.27. The molecule has 5 nitrogen and oxygen atoms in total. The lowest BCUT2D eigenvalue weighted by atomic mass is 10.1. The number of halogens is 1. The largest absolute Gasteiger partial charge is 0.307 e. The average Bonchev–Trinajstić information content (AvgIpc) is 2.60. The Morgan fingerprint density at radius 3 is 2.44 bits per heavy atom. The van der Waals surface area contributed by atoms with Crippen LogP contribution in [0.1, 0.15) is 12.5 Å². The zero-order valence-corrected chi connectivity index (χ0v) is 14.8. The zero-order valence-electron chi connectivity index (χ0n) is 14.0. The Labute approximate surface area is 146 Å². The van der Waals surface area contributed by atoms with Crippen LogP contribution in [-0.2, 0) is 14.8 Å². The lowest BCUT2D eigenvalue weighted by Gasteiger charge is -2.38. The van der Waals surface area contributed by atoms with Gasteiger partial charge in [-0.05, 0) is 43.7 Å². The first-order chi connectivity index (χ1) is 11.8. The summed E-state index contributed by atoms with van der Waals surface area (Å²) in [4.78, 5) is 14.2. The Balaban J connectivity index is 1.91. The Hall–Kier alpha value is -2.25. The Morgan fingerprint density at radius 2 is 1.76 bits per heavy atom. The van der Waals surface area contributed by atoms with Gasteiger partial charge in [0.05, 0.1) is 10.6 Å². The quantitative estimate of drug-likeness (QED) is 0.843. The molecule has 1 aliphatic rings. The van der Waals surface area contributed by atoms with E-state index in [4.69, 9.17) is 0 Å². The number of nitrogens with zero attached hydrogens (tertiary/aromatic N) is 2. The lowest BCUT2D eigenvalue weighted by molar-refractivity contribution is -0.123. The number of aryl methyl sites for hydroxylation is 1. The molecule has 1 heterocycles. The van der Waals surface area contributed by atoms with Crippen LogP contribution in [0.2, 0.25) is 0 Å². The van der Waals surface area contributed by atoms with Crippen molar-refractivity contribution in [2.45, 2.75) is 24.8 Å². The molecule has 7 heteroatoms. The van der Waals surface area contributed by atoms with E-state index in [9.17, 15) is 17.6 Å². The first kappa shape index (κ1) is 17.6. The fourth-order valence-electron chi connectivity index (χ4n) is 2.98. The number of carbonyl (C=O) groups excluding carboxylic acids is 1. The maximum atomic E-state index is 14.1. The van der Waals surface area contributed by atoms with Crippen LogP contribution < -0.4 is 4.90 Å². The van der Waals surface area contributed by atoms with E-state index < -0.39 is 27.8 Å². The summed E-state index contributed by atoms with van der Waals surface area (Å²) in [5.41, 5.74) is 1.02. The number of sulfonamides is 1. The van der Waals surface area contributed by atoms with Gasteiger partial charge in [0.15, 0.2) is 0 Å². The molecule has 1 fully saturated rings. The Kier molecular flexibility index (Phi) is 4.62. The van der Waals surface area contributed by atoms with Gasteiger partial charge in [-0.2, -0.15) is 4.31 Å². The van der Waals surface area contributed by atoms with Gasteiger partial charge in [-0.3, -0.25) is 4.79 Å². The number of piperazine rings is 1. The standard InChI is InChI=1S/C18H19FN2O3S/c1-13-8-9-16(19)17(12-13)20-10-11-21(14(2)18(20)22)25(23,24)15-6-4-3-5-7-15/h3-9,12,14H,10-11H2,1-2H3. The van der Waals surface area contributed by atoms with Gasteiger partial charge < -0.3 is 4.90 Å². The summed E-state index contributed by atoms with van der Waals surface area (Å²) >= 11 is 0. The van der Waals surface area contributed by atoms with Crippen LogP contribution in [0.5, 0.6) is 0 Å². The third-order valence-electron chi connectivity index (χ3n) is 4.34. The second kappa shape index (κ2) is 6.57. The zero-order chi connectivity index (χ0) is 18.2. The normalized spacial score (nSPS) is 19.2. The number of amides is 1. The summed E-state index contributed by atoms with van der Waals surface area (Å²) in [6, 6.07) is 11.6. The van der Waals surface area contributed by atoms with E-state index in [2.05, 4.69) is 0 Å². The molecule has 1 amide bonds. The van der Waals surface area contributed by atoms with E-state index >= 15 is 0 Å². The third kappa shape index (κ3) is 3.17. The third-order valence-corrected chi connectivity index (χ3v) is 6.33. The molecule has 2 aromatic rings. The maximum Gasteiger partial charge on any atom is 0.245 e. The SMILES string of the molecule is Cc1ccc(F)c(N2CCN(S(=O)(=O)c3ccccc3)C(C)C2=O)c1. The Bertz CT molecular complexity index is 900. The van der Waals surface area contributed by atoms with Gasteiger partial charge in [-0.15, -0.1) is 0 Å². The first-order valence-electron chi connectivity index (χ1n) is 7.97. The minimum Gasteiger partial charge on any atom is -0.307 e. The van der Waals surface area contributed by atoms with Crippen LogP contribution in [0.3, 0.4) is 0 Å². The van der Waals surface area contributed by atoms with E-state index in [-0.39, 0.29) is 23.7 Å². The van der Waals surface area contributed by atoms with Crippen molar-refractivity contribution in [3.05, 3.63) is 59.9 Å². The van der Waals surface area contributed by atoms with Crippen molar-refractivity contribution in [2.75, 3.05) is 18.0 Å². The fourth-order valence-corrected chi connectivity index (χ4v) is 4.58. The molecular weight excluding hydrogens is 343 g/mol. The van der Waals surface area contributed by atoms with Crippen molar-refractivity contribution in [1.29, 1.82) is 0 Å². The van der Waals surface area contributed by atoms with E-state index in [1.54, 1.807) is 30.3 Å². The summed E-state index contributed by atoms with van der Waals surface area (Å²) in [5.74, 6) is -0.930. The number of carbonyl (C=O) groups is 1. The molecule has 1 saturated heterocycles. The predicted molar refractivity (Wildman–Crippen MR) is 93.3 cm³/mol. The average molecular weight is 362 g/mol. The molecule has 0 saturated carbocycles. The topological polar surface area (TPSA) is 57.7 Å². The van der Waals surface area contributed by atoms with Crippen LogP contribution in [0.25, 0.3) is 0 Å². The molecule has 0 N–H and O–H groups in total. The summed E-state index contributed by atoms with van der Waals surface area (Å²) in [7, 11) is -3.78. The fraction of sp³-hybridized carbons (Fsp3) is 0.278. The molecule has 0 aliphatic carbocycles. The molecule has 132 valence electrons. The second-order valence-corrected chi connectivity index (χ2v) is 7.94. The van der Waals surface area contributed by atoms with Crippen molar-refractivity contribution in [1.82, 2.24) is 4.31 Å². The highest BCUT2D eigenvalue weighted by atomic mass is 32.2. The molecule has 1 aliphatic heterocycles. The molecule has 1 atom stereocenters. The molecule has 3 rings (SSSR count). The lowest BCUT2D eigenvalue weighted by Crippen LogP contribution is -2.57. The van der Waals surface area contributed by atoms with Gasteiger partial charge in [-0.25, -0.2) is 12.8 Å². The van der Waals surface area contributed by atoms with Crippen molar-refractivity contribution in [3.63, 3.8) is 0 Å². The van der Waals surface area contributed by atoms with Crippen molar-refractivity contribution < 1.29 is 17.6 Å². The van der Waals surface area contributed by atoms with Gasteiger partial charge in [0.2, 0.25) is 15.9 Å².